The number of fused-ring (bicyclic) bond motifs is 1. The Morgan fingerprint density at radius 1 is 1.12 bits per heavy atom. The van der Waals surface area contributed by atoms with Crippen molar-refractivity contribution in [2.75, 3.05) is 11.9 Å². The third kappa shape index (κ3) is 4.00. The fourth-order valence-electron chi connectivity index (χ4n) is 3.03. The molecule has 5 nitrogen and oxygen atoms in total. The maximum atomic E-state index is 13.2. The van der Waals surface area contributed by atoms with Crippen LogP contribution in [0.1, 0.15) is 11.1 Å². The quantitative estimate of drug-likeness (QED) is 0.887. The molecule has 1 aliphatic heterocycles. The number of amides is 2. The Labute approximate surface area is 143 Å². The molecule has 7 heteroatoms. The molecule has 1 atom stereocenters. The van der Waals surface area contributed by atoms with Gasteiger partial charge in [0.1, 0.15) is 11.6 Å². The van der Waals surface area contributed by atoms with Crippen molar-refractivity contribution in [1.29, 1.82) is 0 Å². The van der Waals surface area contributed by atoms with E-state index in [9.17, 15) is 18.4 Å². The minimum atomic E-state index is -0.780. The van der Waals surface area contributed by atoms with Crippen LogP contribution in [0.4, 0.5) is 14.5 Å². The van der Waals surface area contributed by atoms with Crippen molar-refractivity contribution in [2.45, 2.75) is 19.0 Å². The van der Waals surface area contributed by atoms with Gasteiger partial charge in [0.25, 0.3) is 0 Å². The number of primary amides is 1. The molecular formula is C18H17F2N3O2. The summed E-state index contributed by atoms with van der Waals surface area (Å²) in [5.74, 6) is -2.55. The Hall–Kier alpha value is -2.80. The van der Waals surface area contributed by atoms with Crippen molar-refractivity contribution >= 4 is 17.5 Å². The average molecular weight is 345 g/mol. The highest BCUT2D eigenvalue weighted by atomic mass is 19.1. The van der Waals surface area contributed by atoms with E-state index in [1.165, 1.54) is 0 Å². The molecule has 0 spiro atoms. The van der Waals surface area contributed by atoms with Crippen LogP contribution in [0.25, 0.3) is 0 Å². The van der Waals surface area contributed by atoms with E-state index in [0.717, 1.165) is 29.3 Å². The Kier molecular flexibility index (Phi) is 4.76. The van der Waals surface area contributed by atoms with Crippen molar-refractivity contribution in [1.82, 2.24) is 4.90 Å². The Morgan fingerprint density at radius 3 is 2.40 bits per heavy atom. The summed E-state index contributed by atoms with van der Waals surface area (Å²) in [6, 6.07) is 9.80. The molecule has 25 heavy (non-hydrogen) atoms. The van der Waals surface area contributed by atoms with Crippen LogP contribution < -0.4 is 11.1 Å². The van der Waals surface area contributed by atoms with Gasteiger partial charge in [-0.2, -0.15) is 0 Å². The Bertz CT molecular complexity index is 805. The summed E-state index contributed by atoms with van der Waals surface area (Å²) in [7, 11) is 0. The molecule has 0 aromatic heterocycles. The smallest absolute Gasteiger partial charge is 0.238 e. The SMILES string of the molecule is NC(=O)[C@H]1Cc2ccccc2CN1CC(=O)Nc1cc(F)cc(F)c1. The molecule has 0 unspecified atom stereocenters. The van der Waals surface area contributed by atoms with Crippen LogP contribution in [0.2, 0.25) is 0 Å². The van der Waals surface area contributed by atoms with Gasteiger partial charge in [0.05, 0.1) is 12.6 Å². The van der Waals surface area contributed by atoms with Crippen LogP contribution in [-0.4, -0.2) is 29.3 Å². The molecule has 2 aromatic rings. The van der Waals surface area contributed by atoms with Gasteiger partial charge in [-0.05, 0) is 29.7 Å². The molecule has 1 heterocycles. The first-order valence-electron chi connectivity index (χ1n) is 7.78. The third-order valence-corrected chi connectivity index (χ3v) is 4.17. The van der Waals surface area contributed by atoms with Crippen LogP contribution in [0.5, 0.6) is 0 Å². The van der Waals surface area contributed by atoms with E-state index >= 15 is 0 Å². The number of nitrogens with two attached hydrogens (primary N) is 1. The van der Waals surface area contributed by atoms with Crippen molar-refractivity contribution in [3.63, 3.8) is 0 Å². The van der Waals surface area contributed by atoms with Crippen LogP contribution in [-0.2, 0) is 22.6 Å². The topological polar surface area (TPSA) is 75.4 Å². The summed E-state index contributed by atoms with van der Waals surface area (Å²) in [5, 5.41) is 2.44. The number of hydrogen-bond donors (Lipinski definition) is 2. The van der Waals surface area contributed by atoms with Gasteiger partial charge in [0, 0.05) is 18.3 Å². The first kappa shape index (κ1) is 17.0. The molecule has 0 radical (unpaired) electrons. The lowest BCUT2D eigenvalue weighted by molar-refractivity contribution is -0.125. The number of carbonyl (C=O) groups excluding carboxylic acids is 2. The summed E-state index contributed by atoms with van der Waals surface area (Å²) in [5.41, 5.74) is 7.54. The normalized spacial score (nSPS) is 17.0. The molecule has 0 saturated carbocycles. The van der Waals surface area contributed by atoms with Gasteiger partial charge >= 0.3 is 0 Å². The first-order valence-corrected chi connectivity index (χ1v) is 7.78. The third-order valence-electron chi connectivity index (χ3n) is 4.17. The number of hydrogen-bond acceptors (Lipinski definition) is 3. The number of rotatable bonds is 4. The molecule has 0 saturated heterocycles. The molecule has 3 N–H and O–H groups in total. The van der Waals surface area contributed by atoms with E-state index in [-0.39, 0.29) is 12.2 Å². The summed E-state index contributed by atoms with van der Waals surface area (Å²) in [6.45, 7) is 0.286. The molecule has 130 valence electrons. The Morgan fingerprint density at radius 2 is 1.76 bits per heavy atom. The fraction of sp³-hybridized carbons (Fsp3) is 0.222. The molecule has 2 aromatic carbocycles. The molecule has 0 bridgehead atoms. The molecule has 2 amide bonds. The second-order valence-corrected chi connectivity index (χ2v) is 6.00. The second kappa shape index (κ2) is 6.98. The fourth-order valence-corrected chi connectivity index (χ4v) is 3.03. The standard InChI is InChI=1S/C18H17F2N3O2/c19-13-6-14(20)8-15(7-13)22-17(24)10-23-9-12-4-2-1-3-11(12)5-16(23)18(21)25/h1-4,6-8,16H,5,9-10H2,(H2,21,25)(H,22,24)/t16-/m1/s1. The van der Waals surface area contributed by atoms with Gasteiger partial charge in [0.2, 0.25) is 11.8 Å². The molecule has 0 fully saturated rings. The highest BCUT2D eigenvalue weighted by Crippen LogP contribution is 2.23. The van der Waals surface area contributed by atoms with Crippen molar-refractivity contribution in [3.8, 4) is 0 Å². The largest absolute Gasteiger partial charge is 0.368 e. The lowest BCUT2D eigenvalue weighted by Gasteiger charge is -2.34. The number of nitrogens with one attached hydrogen (secondary N) is 1. The predicted octanol–water partition coefficient (Wildman–Crippen LogP) is 1.82. The summed E-state index contributed by atoms with van der Waals surface area (Å²) >= 11 is 0. The molecule has 1 aliphatic rings. The van der Waals surface area contributed by atoms with Crippen molar-refractivity contribution in [3.05, 3.63) is 65.2 Å². The zero-order chi connectivity index (χ0) is 18.0. The number of halogens is 2. The van der Waals surface area contributed by atoms with E-state index in [1.54, 1.807) is 4.90 Å². The maximum absolute atomic E-state index is 13.2. The summed E-state index contributed by atoms with van der Waals surface area (Å²) in [4.78, 5) is 25.6. The van der Waals surface area contributed by atoms with Crippen LogP contribution >= 0.6 is 0 Å². The number of anilines is 1. The average Bonchev–Trinajstić information content (AvgIpc) is 2.52. The minimum Gasteiger partial charge on any atom is -0.368 e. The van der Waals surface area contributed by atoms with E-state index in [2.05, 4.69) is 5.32 Å². The van der Waals surface area contributed by atoms with Gasteiger partial charge in [-0.1, -0.05) is 24.3 Å². The summed E-state index contributed by atoms with van der Waals surface area (Å²) < 4.78 is 26.4. The van der Waals surface area contributed by atoms with Gasteiger partial charge < -0.3 is 11.1 Å². The zero-order valence-corrected chi connectivity index (χ0v) is 13.3. The van der Waals surface area contributed by atoms with Crippen LogP contribution in [0, 0.1) is 11.6 Å². The van der Waals surface area contributed by atoms with Gasteiger partial charge in [-0.3, -0.25) is 14.5 Å². The number of benzene rings is 2. The summed E-state index contributed by atoms with van der Waals surface area (Å²) in [6.07, 6.45) is 0.424. The zero-order valence-electron chi connectivity index (χ0n) is 13.3. The predicted molar refractivity (Wildman–Crippen MR) is 88.5 cm³/mol. The van der Waals surface area contributed by atoms with E-state index in [4.69, 9.17) is 5.73 Å². The highest BCUT2D eigenvalue weighted by Gasteiger charge is 2.31. The number of nitrogens with zero attached hydrogens (tertiary/aromatic N) is 1. The highest BCUT2D eigenvalue weighted by molar-refractivity contribution is 5.93. The van der Waals surface area contributed by atoms with E-state index in [1.807, 2.05) is 24.3 Å². The van der Waals surface area contributed by atoms with Gasteiger partial charge in [-0.15, -0.1) is 0 Å². The number of carbonyl (C=O) groups is 2. The monoisotopic (exact) mass is 345 g/mol. The van der Waals surface area contributed by atoms with Crippen LogP contribution in [0.3, 0.4) is 0 Å². The van der Waals surface area contributed by atoms with Crippen molar-refractivity contribution in [2.24, 2.45) is 5.73 Å². The minimum absolute atomic E-state index is 0.0236. The lowest BCUT2D eigenvalue weighted by atomic mass is 9.93. The second-order valence-electron chi connectivity index (χ2n) is 6.00. The molecule has 3 rings (SSSR count). The lowest BCUT2D eigenvalue weighted by Crippen LogP contribution is -2.50. The Balaban J connectivity index is 1.73. The maximum Gasteiger partial charge on any atom is 0.238 e. The van der Waals surface area contributed by atoms with E-state index < -0.39 is 29.5 Å². The van der Waals surface area contributed by atoms with Crippen LogP contribution in [0.15, 0.2) is 42.5 Å². The van der Waals surface area contributed by atoms with Gasteiger partial charge in [-0.25, -0.2) is 8.78 Å². The first-order chi connectivity index (χ1) is 11.9. The molecular weight excluding hydrogens is 328 g/mol. The van der Waals surface area contributed by atoms with Crippen molar-refractivity contribution < 1.29 is 18.4 Å². The van der Waals surface area contributed by atoms with Gasteiger partial charge in [0.15, 0.2) is 0 Å². The van der Waals surface area contributed by atoms with E-state index in [0.29, 0.717) is 13.0 Å². The molecule has 0 aliphatic carbocycles.